The summed E-state index contributed by atoms with van der Waals surface area (Å²) in [7, 11) is -1.89. The Morgan fingerprint density at radius 3 is 2.53 bits per heavy atom. The second-order valence-corrected chi connectivity index (χ2v) is 4.30. The van der Waals surface area contributed by atoms with Gasteiger partial charge in [-0.2, -0.15) is 4.99 Å². The number of pyridine rings is 1. The average molecular weight is 299 g/mol. The van der Waals surface area contributed by atoms with Crippen molar-refractivity contribution < 1.29 is 10.0 Å². The number of hydrogen-bond donors (Lipinski definition) is 3. The fraction of sp³-hybridized carbons (Fsp3) is 0.250. The van der Waals surface area contributed by atoms with Crippen LogP contribution in [0.1, 0.15) is 0 Å². The van der Waals surface area contributed by atoms with Gasteiger partial charge < -0.3 is 20.5 Å². The molecule has 0 amide bonds. The van der Waals surface area contributed by atoms with Crippen LogP contribution in [0.3, 0.4) is 0 Å². The zero-order chi connectivity index (χ0) is 13.0. The van der Waals surface area contributed by atoms with Crippen LogP contribution in [0.4, 0.5) is 5.82 Å². The van der Waals surface area contributed by atoms with Crippen molar-refractivity contribution in [2.75, 3.05) is 0 Å². The normalized spacial score (nSPS) is 11.2. The van der Waals surface area contributed by atoms with Crippen molar-refractivity contribution in [1.29, 1.82) is 0 Å². The number of nitrogens with zero attached hydrogens (tertiary/aromatic N) is 3. The highest BCUT2D eigenvalue weighted by Gasteiger charge is 2.26. The number of rotatable bonds is 3. The Bertz CT molecular complexity index is 408. The molecule has 90 valence electrons. The van der Waals surface area contributed by atoms with Crippen molar-refractivity contribution in [3.63, 3.8) is 0 Å². The van der Waals surface area contributed by atoms with Gasteiger partial charge in [0.1, 0.15) is 0 Å². The van der Waals surface area contributed by atoms with Crippen LogP contribution < -0.4 is 5.73 Å². The highest BCUT2D eigenvalue weighted by Crippen LogP contribution is 2.21. The first-order valence-electron chi connectivity index (χ1n) is 5.02. The lowest BCUT2D eigenvalue weighted by Crippen LogP contribution is -2.53. The Hall–Kier alpha value is -1.05. The van der Waals surface area contributed by atoms with E-state index < -0.39 is 14.1 Å². The highest BCUT2D eigenvalue weighted by molar-refractivity contribution is 9.10. The molecule has 0 aliphatic carbocycles. The molecule has 0 atom stereocenters. The summed E-state index contributed by atoms with van der Waals surface area (Å²) in [4.78, 5) is 8.06. The number of aliphatic imine (C=N–C) groups is 1. The molecule has 4 N–H and O–H groups in total. The maximum absolute atomic E-state index is 9.47. The summed E-state index contributed by atoms with van der Waals surface area (Å²) in [6.07, 6.45) is 1.58. The summed E-state index contributed by atoms with van der Waals surface area (Å²) < 4.78 is 1.85. The Labute approximate surface area is 109 Å². The third-order valence-corrected chi connectivity index (χ3v) is 2.65. The molecule has 0 radical (unpaired) electrons. The summed E-state index contributed by atoms with van der Waals surface area (Å²) in [5, 5.41) is 18.9. The van der Waals surface area contributed by atoms with Crippen LogP contribution >= 0.6 is 15.9 Å². The fourth-order valence-electron chi connectivity index (χ4n) is 1.32. The molecule has 1 aromatic heterocycles. The van der Waals surface area contributed by atoms with Gasteiger partial charge in [0.05, 0.1) is 4.47 Å². The first kappa shape index (κ1) is 14.0. The molecule has 0 bridgehead atoms. The molecule has 0 saturated heterocycles. The predicted octanol–water partition coefficient (Wildman–Crippen LogP) is 0.313. The van der Waals surface area contributed by atoms with Gasteiger partial charge in [0.15, 0.2) is 11.8 Å². The maximum atomic E-state index is 9.47. The lowest BCUT2D eigenvalue weighted by Gasteiger charge is -2.25. The van der Waals surface area contributed by atoms with E-state index in [2.05, 4.69) is 25.9 Å². The van der Waals surface area contributed by atoms with Crippen LogP contribution in [0.15, 0.2) is 27.8 Å². The average Bonchev–Trinajstić information content (AvgIpc) is 2.20. The molecule has 1 rings (SSSR count). The maximum Gasteiger partial charge on any atom is 0.400 e. The third-order valence-electron chi connectivity index (χ3n) is 2.03. The summed E-state index contributed by atoms with van der Waals surface area (Å²) in [6, 6.07) is 3.52. The SMILES string of the molecule is CB(O)N(B(C)O)/C(N)=N/c1ncccc1Br. The van der Waals surface area contributed by atoms with E-state index in [-0.39, 0.29) is 5.96 Å². The standard InChI is InChI=1S/C8H13B2BrN4O2/c1-9(16)15(10(2)17)8(12)14-7-6(11)4-3-5-13-7/h3-5,16-17H,1-2H3,(H2,12,13,14). The monoisotopic (exact) mass is 298 g/mol. The molecule has 0 aliphatic heterocycles. The van der Waals surface area contributed by atoms with E-state index in [1.807, 2.05) is 0 Å². The van der Waals surface area contributed by atoms with Crippen LogP contribution in [0.5, 0.6) is 0 Å². The molecule has 0 saturated carbocycles. The van der Waals surface area contributed by atoms with E-state index in [1.54, 1.807) is 18.3 Å². The molecule has 9 heteroatoms. The summed E-state index contributed by atoms with van der Waals surface area (Å²) in [5.41, 5.74) is 5.72. The lowest BCUT2D eigenvalue weighted by molar-refractivity contribution is 0.488. The van der Waals surface area contributed by atoms with E-state index in [1.165, 1.54) is 18.4 Å². The van der Waals surface area contributed by atoms with Crippen molar-refractivity contribution in [1.82, 2.24) is 9.71 Å². The van der Waals surface area contributed by atoms with Crippen LogP contribution in [0.25, 0.3) is 0 Å². The first-order valence-corrected chi connectivity index (χ1v) is 5.82. The van der Waals surface area contributed by atoms with Crippen LogP contribution in [0.2, 0.25) is 13.6 Å². The zero-order valence-corrected chi connectivity index (χ0v) is 11.2. The quantitative estimate of drug-likeness (QED) is 0.424. The Morgan fingerprint density at radius 2 is 2.06 bits per heavy atom. The molecule has 0 unspecified atom stereocenters. The highest BCUT2D eigenvalue weighted by atomic mass is 79.9. The number of nitrogens with two attached hydrogens (primary N) is 1. The topological polar surface area (TPSA) is 95.0 Å². The van der Waals surface area contributed by atoms with Crippen molar-refractivity contribution in [2.24, 2.45) is 10.7 Å². The van der Waals surface area contributed by atoms with E-state index >= 15 is 0 Å². The molecular formula is C8H13B2BrN4O2. The minimum atomic E-state index is -0.943. The fourth-order valence-corrected chi connectivity index (χ4v) is 1.66. The van der Waals surface area contributed by atoms with E-state index in [9.17, 15) is 10.0 Å². The van der Waals surface area contributed by atoms with Crippen LogP contribution in [-0.4, -0.2) is 39.8 Å². The van der Waals surface area contributed by atoms with E-state index in [4.69, 9.17) is 5.73 Å². The van der Waals surface area contributed by atoms with Crippen molar-refractivity contribution >= 4 is 41.8 Å². The zero-order valence-electron chi connectivity index (χ0n) is 9.58. The van der Waals surface area contributed by atoms with Crippen molar-refractivity contribution in [3.8, 4) is 0 Å². The number of halogens is 1. The van der Waals surface area contributed by atoms with Gasteiger partial charge in [0.2, 0.25) is 0 Å². The van der Waals surface area contributed by atoms with Gasteiger partial charge >= 0.3 is 14.1 Å². The molecule has 0 aromatic carbocycles. The smallest absolute Gasteiger partial charge is 0.400 e. The Kier molecular flexibility index (Phi) is 4.98. The minimum Gasteiger partial charge on any atom is -0.433 e. The third kappa shape index (κ3) is 3.72. The first-order chi connectivity index (χ1) is 7.93. The molecule has 17 heavy (non-hydrogen) atoms. The molecule has 1 aromatic rings. The van der Waals surface area contributed by atoms with Crippen LogP contribution in [0, 0.1) is 0 Å². The van der Waals surface area contributed by atoms with Gasteiger partial charge in [-0.15, -0.1) is 0 Å². The molecule has 1 heterocycles. The summed E-state index contributed by atoms with van der Waals surface area (Å²) in [5.74, 6) is 0.380. The second-order valence-electron chi connectivity index (χ2n) is 3.45. The molecule has 0 spiro atoms. The Balaban J connectivity index is 3.02. The van der Waals surface area contributed by atoms with E-state index in [0.717, 1.165) is 0 Å². The molecule has 0 fully saturated rings. The van der Waals surface area contributed by atoms with Crippen LogP contribution in [-0.2, 0) is 0 Å². The largest absolute Gasteiger partial charge is 0.433 e. The summed E-state index contributed by atoms with van der Waals surface area (Å²) in [6.45, 7) is 2.98. The Morgan fingerprint density at radius 1 is 1.47 bits per heavy atom. The predicted molar refractivity (Wildman–Crippen MR) is 72.7 cm³/mol. The molecular weight excluding hydrogens is 286 g/mol. The van der Waals surface area contributed by atoms with Crippen molar-refractivity contribution in [2.45, 2.75) is 13.6 Å². The van der Waals surface area contributed by atoms with Gasteiger partial charge in [-0.1, -0.05) is 0 Å². The van der Waals surface area contributed by atoms with Gasteiger partial charge in [0, 0.05) is 6.20 Å². The minimum absolute atomic E-state index is 0.00519. The van der Waals surface area contributed by atoms with Crippen molar-refractivity contribution in [3.05, 3.63) is 22.8 Å². The molecule has 0 aliphatic rings. The number of aromatic nitrogens is 1. The van der Waals surface area contributed by atoms with Gasteiger partial charge in [-0.05, 0) is 41.7 Å². The second kappa shape index (κ2) is 6.04. The van der Waals surface area contributed by atoms with Gasteiger partial charge in [0.25, 0.3) is 0 Å². The number of hydrogen-bond acceptors (Lipinski definition) is 4. The lowest BCUT2D eigenvalue weighted by atomic mass is 9.70. The summed E-state index contributed by atoms with van der Waals surface area (Å²) >= 11 is 3.28. The van der Waals surface area contributed by atoms with Gasteiger partial charge in [-0.3, -0.25) is 0 Å². The van der Waals surface area contributed by atoms with E-state index in [0.29, 0.717) is 10.3 Å². The van der Waals surface area contributed by atoms with Gasteiger partial charge in [-0.25, -0.2) is 4.98 Å². The molecule has 6 nitrogen and oxygen atoms in total. The number of guanidine groups is 1.